The first-order valence-electron chi connectivity index (χ1n) is 10.1. The Labute approximate surface area is 178 Å². The Bertz CT molecular complexity index is 1210. The molecule has 30 heavy (non-hydrogen) atoms. The molecule has 0 bridgehead atoms. The standard InChI is InChI=1S/C22H22N6OS/c1-27-13-15(11-24-27)22-26-19(14-30-22)21(29)25-18-5-6-20(28-9-3-2-4-10-28)16-7-8-23-12-17(16)18/h5-8,11-14H,2-4,9-10H2,1H3,(H,25,29). The van der Waals surface area contributed by atoms with Gasteiger partial charge >= 0.3 is 0 Å². The van der Waals surface area contributed by atoms with E-state index in [0.29, 0.717) is 5.69 Å². The second kappa shape index (κ2) is 7.87. The molecule has 0 unspecified atom stereocenters. The molecule has 4 aromatic rings. The van der Waals surface area contributed by atoms with Crippen LogP contribution in [0.3, 0.4) is 0 Å². The average molecular weight is 419 g/mol. The molecule has 0 aliphatic carbocycles. The van der Waals surface area contributed by atoms with Crippen LogP contribution in [0.5, 0.6) is 0 Å². The van der Waals surface area contributed by atoms with Gasteiger partial charge in [0, 0.05) is 66.1 Å². The van der Waals surface area contributed by atoms with Crippen molar-refractivity contribution in [3.63, 3.8) is 0 Å². The zero-order chi connectivity index (χ0) is 20.5. The molecule has 0 saturated carbocycles. The largest absolute Gasteiger partial charge is 0.371 e. The quantitative estimate of drug-likeness (QED) is 0.534. The van der Waals surface area contributed by atoms with Crippen LogP contribution in [-0.2, 0) is 7.05 Å². The highest BCUT2D eigenvalue weighted by Crippen LogP contribution is 2.33. The van der Waals surface area contributed by atoms with Gasteiger partial charge in [0.15, 0.2) is 0 Å². The maximum Gasteiger partial charge on any atom is 0.275 e. The van der Waals surface area contributed by atoms with Crippen LogP contribution in [0, 0.1) is 0 Å². The summed E-state index contributed by atoms with van der Waals surface area (Å²) in [5, 5.41) is 11.8. The molecule has 5 rings (SSSR count). The Morgan fingerprint density at radius 3 is 2.77 bits per heavy atom. The Kier molecular flexibility index (Phi) is 4.92. The summed E-state index contributed by atoms with van der Waals surface area (Å²) in [5.41, 5.74) is 3.26. The number of hydrogen-bond donors (Lipinski definition) is 1. The van der Waals surface area contributed by atoms with Crippen LogP contribution >= 0.6 is 11.3 Å². The molecule has 7 nitrogen and oxygen atoms in total. The van der Waals surface area contributed by atoms with Gasteiger partial charge in [-0.3, -0.25) is 14.5 Å². The number of thiazole rings is 1. The van der Waals surface area contributed by atoms with E-state index >= 15 is 0 Å². The summed E-state index contributed by atoms with van der Waals surface area (Å²) >= 11 is 1.44. The van der Waals surface area contributed by atoms with Crippen LogP contribution in [-0.4, -0.2) is 38.7 Å². The van der Waals surface area contributed by atoms with Gasteiger partial charge in [-0.1, -0.05) is 0 Å². The fraction of sp³-hybridized carbons (Fsp3) is 0.273. The lowest BCUT2D eigenvalue weighted by atomic mass is 10.1. The minimum absolute atomic E-state index is 0.225. The van der Waals surface area contributed by atoms with Crippen molar-refractivity contribution in [3.8, 4) is 10.6 Å². The lowest BCUT2D eigenvalue weighted by Gasteiger charge is -2.30. The summed E-state index contributed by atoms with van der Waals surface area (Å²) in [4.78, 5) is 24.1. The third-order valence-electron chi connectivity index (χ3n) is 5.43. The second-order valence-electron chi connectivity index (χ2n) is 7.50. The van der Waals surface area contributed by atoms with E-state index in [-0.39, 0.29) is 5.91 Å². The number of nitrogens with one attached hydrogen (secondary N) is 1. The molecule has 1 aliphatic rings. The number of carbonyl (C=O) groups is 1. The number of nitrogens with zero attached hydrogens (tertiary/aromatic N) is 5. The normalized spacial score (nSPS) is 14.2. The molecule has 0 radical (unpaired) electrons. The smallest absolute Gasteiger partial charge is 0.275 e. The average Bonchev–Trinajstić information content (AvgIpc) is 3.44. The van der Waals surface area contributed by atoms with Gasteiger partial charge in [-0.25, -0.2) is 4.98 Å². The maximum absolute atomic E-state index is 12.9. The highest BCUT2D eigenvalue weighted by molar-refractivity contribution is 7.13. The zero-order valence-electron chi connectivity index (χ0n) is 16.7. The van der Waals surface area contributed by atoms with Crippen LogP contribution in [0.2, 0.25) is 0 Å². The van der Waals surface area contributed by atoms with Gasteiger partial charge in [-0.05, 0) is 37.5 Å². The van der Waals surface area contributed by atoms with E-state index < -0.39 is 0 Å². The second-order valence-corrected chi connectivity index (χ2v) is 8.35. The number of fused-ring (bicyclic) bond motifs is 1. The zero-order valence-corrected chi connectivity index (χ0v) is 17.5. The molecule has 1 saturated heterocycles. The molecule has 8 heteroatoms. The summed E-state index contributed by atoms with van der Waals surface area (Å²) in [6.45, 7) is 2.14. The molecular weight excluding hydrogens is 396 g/mol. The number of carbonyl (C=O) groups excluding carboxylic acids is 1. The summed E-state index contributed by atoms with van der Waals surface area (Å²) in [6.07, 6.45) is 11.0. The summed E-state index contributed by atoms with van der Waals surface area (Å²) < 4.78 is 1.72. The van der Waals surface area contributed by atoms with Crippen molar-refractivity contribution in [2.24, 2.45) is 7.05 Å². The van der Waals surface area contributed by atoms with Gasteiger partial charge in [0.25, 0.3) is 5.91 Å². The number of hydrogen-bond acceptors (Lipinski definition) is 6. The van der Waals surface area contributed by atoms with E-state index in [9.17, 15) is 4.79 Å². The maximum atomic E-state index is 12.9. The molecular formula is C22H22N6OS. The predicted molar refractivity (Wildman–Crippen MR) is 120 cm³/mol. The highest BCUT2D eigenvalue weighted by atomic mass is 32.1. The van der Waals surface area contributed by atoms with Gasteiger partial charge in [0.05, 0.1) is 11.9 Å². The van der Waals surface area contributed by atoms with Crippen molar-refractivity contribution < 1.29 is 4.79 Å². The van der Waals surface area contributed by atoms with Crippen molar-refractivity contribution in [1.82, 2.24) is 19.7 Å². The molecule has 3 aromatic heterocycles. The molecule has 1 amide bonds. The number of aromatic nitrogens is 4. The van der Waals surface area contributed by atoms with Crippen LogP contribution in [0.1, 0.15) is 29.8 Å². The Balaban J connectivity index is 1.43. The number of aryl methyl sites for hydroxylation is 1. The predicted octanol–water partition coefficient (Wildman–Crippen LogP) is 4.33. The SMILES string of the molecule is Cn1cc(-c2nc(C(=O)Nc3ccc(N4CCCCC4)c4ccncc34)cs2)cn1. The van der Waals surface area contributed by atoms with Gasteiger partial charge in [0.1, 0.15) is 10.7 Å². The fourth-order valence-corrected chi connectivity index (χ4v) is 4.70. The van der Waals surface area contributed by atoms with Crippen molar-refractivity contribution in [2.45, 2.75) is 19.3 Å². The minimum Gasteiger partial charge on any atom is -0.371 e. The third kappa shape index (κ3) is 3.54. The van der Waals surface area contributed by atoms with E-state index in [4.69, 9.17) is 0 Å². The Morgan fingerprint density at radius 1 is 1.10 bits per heavy atom. The van der Waals surface area contributed by atoms with Crippen molar-refractivity contribution in [1.29, 1.82) is 0 Å². The Morgan fingerprint density at radius 2 is 1.97 bits per heavy atom. The summed E-state index contributed by atoms with van der Waals surface area (Å²) in [5.74, 6) is -0.225. The monoisotopic (exact) mass is 418 g/mol. The van der Waals surface area contributed by atoms with Crippen LogP contribution in [0.15, 0.2) is 48.4 Å². The topological polar surface area (TPSA) is 75.9 Å². The summed E-state index contributed by atoms with van der Waals surface area (Å²) in [6, 6.07) is 6.10. The summed E-state index contributed by atoms with van der Waals surface area (Å²) in [7, 11) is 1.86. The number of pyridine rings is 1. The molecule has 0 atom stereocenters. The van der Waals surface area contributed by atoms with Gasteiger partial charge in [0.2, 0.25) is 0 Å². The molecule has 1 aromatic carbocycles. The first-order valence-corrected chi connectivity index (χ1v) is 10.9. The highest BCUT2D eigenvalue weighted by Gasteiger charge is 2.18. The van der Waals surface area contributed by atoms with Gasteiger partial charge in [-0.2, -0.15) is 5.10 Å². The van der Waals surface area contributed by atoms with Gasteiger partial charge < -0.3 is 10.2 Å². The lowest BCUT2D eigenvalue weighted by Crippen LogP contribution is -2.29. The van der Waals surface area contributed by atoms with Crippen LogP contribution in [0.25, 0.3) is 21.3 Å². The van der Waals surface area contributed by atoms with Crippen molar-refractivity contribution >= 4 is 39.4 Å². The van der Waals surface area contributed by atoms with Crippen molar-refractivity contribution in [2.75, 3.05) is 23.3 Å². The van der Waals surface area contributed by atoms with E-state index in [1.54, 1.807) is 16.3 Å². The first kappa shape index (κ1) is 18.7. The molecule has 1 aliphatic heterocycles. The molecule has 1 fully saturated rings. The van der Waals surface area contributed by atoms with Crippen molar-refractivity contribution in [3.05, 3.63) is 54.1 Å². The molecule has 0 spiro atoms. The third-order valence-corrected chi connectivity index (χ3v) is 6.32. The van der Waals surface area contributed by atoms with E-state index in [0.717, 1.165) is 40.1 Å². The number of piperidine rings is 1. The lowest BCUT2D eigenvalue weighted by molar-refractivity contribution is 0.102. The van der Waals surface area contributed by atoms with Gasteiger partial charge in [-0.15, -0.1) is 11.3 Å². The molecule has 152 valence electrons. The van der Waals surface area contributed by atoms with E-state index in [1.165, 1.54) is 36.3 Å². The number of rotatable bonds is 4. The molecule has 4 heterocycles. The Hall–Kier alpha value is -3.26. The minimum atomic E-state index is -0.225. The van der Waals surface area contributed by atoms with E-state index in [2.05, 4.69) is 31.3 Å². The number of amides is 1. The van der Waals surface area contributed by atoms with E-state index in [1.807, 2.05) is 37.8 Å². The number of anilines is 2. The number of benzene rings is 1. The molecule has 1 N–H and O–H groups in total. The first-order chi connectivity index (χ1) is 14.7. The van der Waals surface area contributed by atoms with Crippen LogP contribution in [0.4, 0.5) is 11.4 Å². The van der Waals surface area contributed by atoms with Crippen LogP contribution < -0.4 is 10.2 Å². The fourth-order valence-electron chi connectivity index (χ4n) is 3.92.